The van der Waals surface area contributed by atoms with Gasteiger partial charge in [0.2, 0.25) is 0 Å². The van der Waals surface area contributed by atoms with E-state index in [2.05, 4.69) is 13.8 Å². The molecular weight excluding hydrogens is 114 g/mol. The molecule has 0 N–H and O–H groups in total. The fourth-order valence-corrected chi connectivity index (χ4v) is 0.588. The summed E-state index contributed by atoms with van der Waals surface area (Å²) in [4.78, 5) is 5.23. The molecule has 0 spiro atoms. The van der Waals surface area contributed by atoms with Crippen molar-refractivity contribution in [3.8, 4) is 0 Å². The molecule has 0 rings (SSSR count). The molecule has 0 bridgehead atoms. The first kappa shape index (κ1) is 8.92. The highest BCUT2D eigenvalue weighted by molar-refractivity contribution is 4.50. The van der Waals surface area contributed by atoms with Crippen molar-refractivity contribution in [3.05, 3.63) is 0 Å². The Morgan fingerprint density at radius 3 is 2.33 bits per heavy atom. The summed E-state index contributed by atoms with van der Waals surface area (Å²) in [5.41, 5.74) is 0. The molecule has 0 fully saturated rings. The molecular formula is C7H17NO. The molecule has 9 heavy (non-hydrogen) atoms. The van der Waals surface area contributed by atoms with Crippen molar-refractivity contribution in [2.24, 2.45) is 0 Å². The fourth-order valence-electron chi connectivity index (χ4n) is 0.588. The van der Waals surface area contributed by atoms with Gasteiger partial charge in [-0.1, -0.05) is 6.92 Å². The summed E-state index contributed by atoms with van der Waals surface area (Å²) in [5.74, 6) is 0. The van der Waals surface area contributed by atoms with Crippen molar-refractivity contribution in [1.29, 1.82) is 0 Å². The summed E-state index contributed by atoms with van der Waals surface area (Å²) < 4.78 is 0. The van der Waals surface area contributed by atoms with Gasteiger partial charge in [-0.3, -0.25) is 4.84 Å². The van der Waals surface area contributed by atoms with Gasteiger partial charge in [-0.2, -0.15) is 5.06 Å². The third-order valence-corrected chi connectivity index (χ3v) is 1.54. The van der Waals surface area contributed by atoms with Crippen LogP contribution < -0.4 is 0 Å². The molecule has 0 aromatic heterocycles. The van der Waals surface area contributed by atoms with E-state index in [9.17, 15) is 0 Å². The average molecular weight is 131 g/mol. The standard InChI is InChI=1S/C7H17NO/c1-5-7(3)8(4)9-6-2/h7H,5-6H2,1-4H3. The van der Waals surface area contributed by atoms with Gasteiger partial charge >= 0.3 is 0 Å². The lowest BCUT2D eigenvalue weighted by atomic mass is 10.3. The van der Waals surface area contributed by atoms with Gasteiger partial charge in [-0.05, 0) is 20.3 Å². The highest BCUT2D eigenvalue weighted by Gasteiger charge is 2.04. The normalized spacial score (nSPS) is 14.3. The molecule has 0 aliphatic carbocycles. The van der Waals surface area contributed by atoms with Crippen molar-refractivity contribution in [3.63, 3.8) is 0 Å². The van der Waals surface area contributed by atoms with Crippen molar-refractivity contribution in [1.82, 2.24) is 5.06 Å². The second kappa shape index (κ2) is 4.77. The van der Waals surface area contributed by atoms with Gasteiger partial charge in [0, 0.05) is 13.1 Å². The molecule has 0 saturated carbocycles. The SMILES string of the molecule is CCON(C)C(C)CC. The number of rotatable bonds is 4. The fraction of sp³-hybridized carbons (Fsp3) is 1.00. The lowest BCUT2D eigenvalue weighted by molar-refractivity contribution is -0.159. The Morgan fingerprint density at radius 1 is 1.44 bits per heavy atom. The minimum Gasteiger partial charge on any atom is -0.299 e. The van der Waals surface area contributed by atoms with Crippen LogP contribution in [0.4, 0.5) is 0 Å². The number of hydroxylamine groups is 2. The molecule has 0 amide bonds. The molecule has 0 aromatic rings. The van der Waals surface area contributed by atoms with Gasteiger partial charge in [0.15, 0.2) is 0 Å². The van der Waals surface area contributed by atoms with Crippen molar-refractivity contribution < 1.29 is 4.84 Å². The first-order valence-electron chi connectivity index (χ1n) is 3.58. The zero-order valence-electron chi connectivity index (χ0n) is 6.85. The van der Waals surface area contributed by atoms with E-state index in [0.717, 1.165) is 13.0 Å². The number of hydrogen-bond acceptors (Lipinski definition) is 2. The van der Waals surface area contributed by atoms with Gasteiger partial charge in [0.05, 0.1) is 6.61 Å². The summed E-state index contributed by atoms with van der Waals surface area (Å²) in [5, 5.41) is 1.90. The Labute approximate surface area is 57.8 Å². The van der Waals surface area contributed by atoms with Crippen molar-refractivity contribution >= 4 is 0 Å². The molecule has 0 radical (unpaired) electrons. The lowest BCUT2D eigenvalue weighted by Gasteiger charge is -2.21. The molecule has 0 saturated heterocycles. The Bertz CT molecular complexity index is 65.9. The lowest BCUT2D eigenvalue weighted by Crippen LogP contribution is -2.28. The van der Waals surface area contributed by atoms with Gasteiger partial charge in [-0.25, -0.2) is 0 Å². The van der Waals surface area contributed by atoms with Crippen molar-refractivity contribution in [2.45, 2.75) is 33.2 Å². The van der Waals surface area contributed by atoms with E-state index >= 15 is 0 Å². The Balaban J connectivity index is 3.32. The predicted molar refractivity (Wildman–Crippen MR) is 39.1 cm³/mol. The van der Waals surface area contributed by atoms with E-state index in [4.69, 9.17) is 4.84 Å². The largest absolute Gasteiger partial charge is 0.299 e. The minimum atomic E-state index is 0.532. The van der Waals surface area contributed by atoms with Gasteiger partial charge in [-0.15, -0.1) is 0 Å². The van der Waals surface area contributed by atoms with Crippen LogP contribution in [0.15, 0.2) is 0 Å². The summed E-state index contributed by atoms with van der Waals surface area (Å²) in [6, 6.07) is 0.532. The van der Waals surface area contributed by atoms with Crippen LogP contribution >= 0.6 is 0 Å². The second-order valence-electron chi connectivity index (χ2n) is 2.22. The first-order valence-corrected chi connectivity index (χ1v) is 3.58. The van der Waals surface area contributed by atoms with Crippen LogP contribution in [-0.2, 0) is 4.84 Å². The molecule has 0 aromatic carbocycles. The maximum absolute atomic E-state index is 5.23. The Morgan fingerprint density at radius 2 is 2.00 bits per heavy atom. The van der Waals surface area contributed by atoms with E-state index in [1.54, 1.807) is 0 Å². The van der Waals surface area contributed by atoms with Crippen LogP contribution in [0.2, 0.25) is 0 Å². The Hall–Kier alpha value is -0.0800. The van der Waals surface area contributed by atoms with Crippen molar-refractivity contribution in [2.75, 3.05) is 13.7 Å². The predicted octanol–water partition coefficient (Wildman–Crippen LogP) is 1.67. The summed E-state index contributed by atoms with van der Waals surface area (Å²) in [6.07, 6.45) is 1.14. The van der Waals surface area contributed by atoms with Gasteiger partial charge in [0.25, 0.3) is 0 Å². The van der Waals surface area contributed by atoms with Gasteiger partial charge in [0.1, 0.15) is 0 Å². The molecule has 2 heteroatoms. The summed E-state index contributed by atoms with van der Waals surface area (Å²) >= 11 is 0. The highest BCUT2D eigenvalue weighted by atomic mass is 16.7. The summed E-state index contributed by atoms with van der Waals surface area (Å²) in [6.45, 7) is 7.07. The molecule has 0 aliphatic heterocycles. The smallest absolute Gasteiger partial charge is 0.0656 e. The first-order chi connectivity index (χ1) is 4.22. The second-order valence-corrected chi connectivity index (χ2v) is 2.22. The van der Waals surface area contributed by atoms with Crippen LogP contribution in [0.5, 0.6) is 0 Å². The quantitative estimate of drug-likeness (QED) is 0.538. The van der Waals surface area contributed by atoms with E-state index in [-0.39, 0.29) is 0 Å². The minimum absolute atomic E-state index is 0.532. The van der Waals surface area contributed by atoms with Crippen LogP contribution in [0, 0.1) is 0 Å². The monoisotopic (exact) mass is 131 g/mol. The molecule has 0 heterocycles. The highest BCUT2D eigenvalue weighted by Crippen LogP contribution is 1.99. The van der Waals surface area contributed by atoms with Crippen LogP contribution in [0.3, 0.4) is 0 Å². The van der Waals surface area contributed by atoms with E-state index in [0.29, 0.717) is 6.04 Å². The maximum Gasteiger partial charge on any atom is 0.0656 e. The zero-order valence-corrected chi connectivity index (χ0v) is 6.85. The van der Waals surface area contributed by atoms with Crippen LogP contribution in [0.1, 0.15) is 27.2 Å². The van der Waals surface area contributed by atoms with E-state index in [1.165, 1.54) is 0 Å². The molecule has 0 aliphatic rings. The Kier molecular flexibility index (Phi) is 4.72. The van der Waals surface area contributed by atoms with Crippen LogP contribution in [-0.4, -0.2) is 24.8 Å². The maximum atomic E-state index is 5.23. The summed E-state index contributed by atoms with van der Waals surface area (Å²) in [7, 11) is 1.97. The topological polar surface area (TPSA) is 12.5 Å². The third-order valence-electron chi connectivity index (χ3n) is 1.54. The molecule has 1 atom stereocenters. The van der Waals surface area contributed by atoms with E-state index < -0.39 is 0 Å². The molecule has 2 nitrogen and oxygen atoms in total. The molecule has 1 unspecified atom stereocenters. The number of nitrogens with zero attached hydrogens (tertiary/aromatic N) is 1. The van der Waals surface area contributed by atoms with Gasteiger partial charge < -0.3 is 0 Å². The third kappa shape index (κ3) is 3.49. The van der Waals surface area contributed by atoms with Crippen LogP contribution in [0.25, 0.3) is 0 Å². The van der Waals surface area contributed by atoms with E-state index in [1.807, 2.05) is 19.0 Å². The zero-order chi connectivity index (χ0) is 7.28. The molecule has 56 valence electrons. The average Bonchev–Trinajstić information content (AvgIpc) is 1.87. The number of hydrogen-bond donors (Lipinski definition) is 0.